The maximum absolute atomic E-state index is 15.1. The van der Waals surface area contributed by atoms with Gasteiger partial charge in [-0.3, -0.25) is 9.59 Å². The lowest BCUT2D eigenvalue weighted by atomic mass is 9.84. The maximum Gasteiger partial charge on any atom is 0.339 e. The van der Waals surface area contributed by atoms with Crippen molar-refractivity contribution in [1.29, 1.82) is 0 Å². The molecule has 0 saturated heterocycles. The van der Waals surface area contributed by atoms with E-state index in [1.165, 1.54) is 85.0 Å². The highest BCUT2D eigenvalue weighted by Crippen LogP contribution is 2.50. The number of H-pyrrole nitrogens is 4. The van der Waals surface area contributed by atoms with E-state index in [9.17, 15) is 9.59 Å². The molecule has 0 fully saturated rings. The Bertz CT molecular complexity index is 6230. The molecule has 10 aromatic rings. The summed E-state index contributed by atoms with van der Waals surface area (Å²) in [5.74, 6) is -0.683. The van der Waals surface area contributed by atoms with Crippen molar-refractivity contribution in [2.75, 3.05) is 0 Å². The zero-order chi connectivity index (χ0) is 78.9. The summed E-state index contributed by atoms with van der Waals surface area (Å²) in [5, 5.41) is 0. The Kier molecular flexibility index (Phi) is 21.2. The third-order valence-electron chi connectivity index (χ3n) is 24.4. The first-order valence-corrected chi connectivity index (χ1v) is 42.8. The number of aryl methyl sites for hydroxylation is 8. The van der Waals surface area contributed by atoms with Gasteiger partial charge >= 0.3 is 10.1 Å². The number of ketones is 2. The summed E-state index contributed by atoms with van der Waals surface area (Å²) >= 11 is 0. The summed E-state index contributed by atoms with van der Waals surface area (Å²) in [6, 6.07) is 38.9. The Morgan fingerprint density at radius 1 is 0.286 bits per heavy atom. The van der Waals surface area contributed by atoms with Crippen LogP contribution in [-0.4, -0.2) is 59.9 Å². The quantitative estimate of drug-likeness (QED) is 0.0478. The number of rotatable bonds is 22. The molecule has 13 nitrogen and oxygen atoms in total. The van der Waals surface area contributed by atoms with Gasteiger partial charge in [-0.15, -0.1) is 0 Å². The highest BCUT2D eigenvalue weighted by atomic mass is 32.2. The molecule has 6 aromatic heterocycles. The van der Waals surface area contributed by atoms with Crippen molar-refractivity contribution in [1.82, 2.24) is 39.9 Å². The number of benzene rings is 4. The Hall–Kier alpha value is -10.8. The van der Waals surface area contributed by atoms with E-state index < -0.39 is 15.9 Å². The van der Waals surface area contributed by atoms with Crippen LogP contribution in [0.3, 0.4) is 0 Å². The molecule has 15 rings (SSSR count). The number of hydrogen-bond acceptors (Lipinski definition) is 9. The number of para-hydroxylation sites is 1. The fourth-order valence-corrected chi connectivity index (χ4v) is 20.2. The van der Waals surface area contributed by atoms with Gasteiger partial charge in [0.1, 0.15) is 4.90 Å². The zero-order valence-corrected chi connectivity index (χ0v) is 68.9. The molecule has 0 radical (unpaired) electrons. The first kappa shape index (κ1) is 76.5. The fourth-order valence-electron chi connectivity index (χ4n) is 19.2. The van der Waals surface area contributed by atoms with Crippen molar-refractivity contribution in [3.8, 4) is 39.1 Å². The minimum Gasteiger partial charge on any atom is -0.378 e. The van der Waals surface area contributed by atoms with E-state index >= 15 is 8.42 Å². The van der Waals surface area contributed by atoms with E-state index in [0.29, 0.717) is 36.8 Å². The topological polar surface area (TPSA) is 192 Å². The summed E-state index contributed by atoms with van der Waals surface area (Å²) in [6.07, 6.45) is 12.4. The van der Waals surface area contributed by atoms with Gasteiger partial charge in [0.05, 0.1) is 62.1 Å². The van der Waals surface area contributed by atoms with Gasteiger partial charge in [0, 0.05) is 72.1 Å². The second-order valence-electron chi connectivity index (χ2n) is 29.8. The molecular formula is C98H104N8O5S. The van der Waals surface area contributed by atoms with Crippen LogP contribution >= 0.6 is 0 Å². The van der Waals surface area contributed by atoms with Gasteiger partial charge in [0.25, 0.3) is 0 Å². The first-order valence-electron chi connectivity index (χ1n) is 41.4. The molecule has 16 bridgehead atoms. The van der Waals surface area contributed by atoms with Crippen LogP contribution in [0.1, 0.15) is 284 Å². The number of nitrogens with zero attached hydrogens (tertiary/aromatic N) is 4. The summed E-state index contributed by atoms with van der Waals surface area (Å²) in [6.45, 7) is 36.0. The maximum atomic E-state index is 15.1. The smallest absolute Gasteiger partial charge is 0.339 e. The van der Waals surface area contributed by atoms with Gasteiger partial charge in [-0.05, 0) is 258 Å². The van der Waals surface area contributed by atoms with Crippen LogP contribution in [0.4, 0.5) is 0 Å². The third kappa shape index (κ3) is 12.4. The minimum atomic E-state index is -4.66. The van der Waals surface area contributed by atoms with Gasteiger partial charge < -0.3 is 24.1 Å². The van der Waals surface area contributed by atoms with Gasteiger partial charge in [-0.1, -0.05) is 178 Å². The molecule has 0 unspecified atom stereocenters. The molecule has 572 valence electrons. The molecule has 0 amide bonds. The molecular weight excluding hydrogens is 1400 g/mol. The van der Waals surface area contributed by atoms with Gasteiger partial charge in [0.2, 0.25) is 0 Å². The lowest BCUT2D eigenvalue weighted by molar-refractivity contribution is 0.0979. The molecule has 4 aliphatic heterocycles. The Morgan fingerprint density at radius 2 is 0.580 bits per heavy atom. The lowest BCUT2D eigenvalue weighted by Gasteiger charge is -2.18. The standard InChI is InChI=1S/C98H104N8O5S/c1-17-56-58(19-3)79-49-81-60(21-5)66(27-11)91(101-81)88(92-67(28-12)61(22-6)82(102-92)50-80-59(20-4)57(18-2)78(100-80)48-77(56)99-79)53-41-43-54(44-42-53)89-93-68(29-13)62(23-7)83(103-93)51-85-64(25-9)70(31-15)95(105-85)90(96-71(32-16)65(26-10)86(106-96)52-84-63(24-8)69(30-14)94(89)104-84)75-39-35-36-40-87(75)111-112(109,110)55-45-46-74-76(47-55)98(108)73-38-34-33-37-72(73)97(74)107/h33-52,99,102-103,106H,17-32H2,1-16H3. The number of aromatic amines is 4. The van der Waals surface area contributed by atoms with Crippen molar-refractivity contribution in [3.05, 3.63) is 234 Å². The monoisotopic (exact) mass is 1500 g/mol. The van der Waals surface area contributed by atoms with Gasteiger partial charge in [0.15, 0.2) is 17.3 Å². The Labute approximate surface area is 659 Å². The van der Waals surface area contributed by atoms with E-state index in [0.717, 1.165) is 211 Å². The summed E-state index contributed by atoms with van der Waals surface area (Å²) in [5.41, 5.74) is 41.3. The number of aromatic nitrogens is 8. The number of fused-ring (bicyclic) bond motifs is 18. The summed E-state index contributed by atoms with van der Waals surface area (Å²) in [4.78, 5) is 67.3. The molecule has 14 heteroatoms. The van der Waals surface area contributed by atoms with Crippen molar-refractivity contribution in [2.24, 2.45) is 0 Å². The normalized spacial score (nSPS) is 13.7. The van der Waals surface area contributed by atoms with Crippen molar-refractivity contribution < 1.29 is 22.2 Å². The molecule has 0 atom stereocenters. The van der Waals surface area contributed by atoms with E-state index in [4.69, 9.17) is 24.1 Å². The number of carbonyl (C=O) groups excluding carboxylic acids is 2. The zero-order valence-electron chi connectivity index (χ0n) is 68.1. The number of carbonyl (C=O) groups is 2. The van der Waals surface area contributed by atoms with Crippen LogP contribution in [0.15, 0.2) is 126 Å². The Balaban J connectivity index is 1.00. The molecule has 112 heavy (non-hydrogen) atoms. The van der Waals surface area contributed by atoms with Crippen LogP contribution in [0.5, 0.6) is 5.75 Å². The third-order valence-corrected chi connectivity index (χ3v) is 25.6. The Morgan fingerprint density at radius 3 is 0.946 bits per heavy atom. The van der Waals surface area contributed by atoms with Crippen molar-refractivity contribution in [2.45, 2.75) is 218 Å². The first-order chi connectivity index (χ1) is 54.4. The van der Waals surface area contributed by atoms with E-state index in [2.05, 4.69) is 185 Å². The molecule has 4 aromatic carbocycles. The SMILES string of the molecule is CCC1=C(CC)c2cc3[nH]c(c(CC)c3CC)c(-c3ccc(-c4c5nc(cc6[nH]c(c(CC)c6CC)c(-c6ccccc6OS(=O)(=O)c6ccc7c(c6)C(=O)c6ccccc6C7=O)c6nc(cc7[nH]c4c(CC)c7CC)C(CC)=C6CC)C(CC)=C5CC)cc3)c3nc(cc4[nH]c(cc1n2)c(CC)c4CC)C(CC)=C3CC. The van der Waals surface area contributed by atoms with E-state index in [1.807, 2.05) is 12.1 Å². The predicted molar refractivity (Wildman–Crippen MR) is 464 cm³/mol. The number of nitrogens with one attached hydrogen (secondary N) is 4. The van der Waals surface area contributed by atoms with Crippen molar-refractivity contribution >= 4 is 110 Å². The molecule has 0 spiro atoms. The molecule has 4 N–H and O–H groups in total. The predicted octanol–water partition coefficient (Wildman–Crippen LogP) is 24.9. The molecule has 1 aliphatic carbocycles. The van der Waals surface area contributed by atoms with Gasteiger partial charge in [-0.2, -0.15) is 8.42 Å². The van der Waals surface area contributed by atoms with Crippen LogP contribution in [0.25, 0.3) is 122 Å². The van der Waals surface area contributed by atoms with Crippen LogP contribution < -0.4 is 4.18 Å². The second kappa shape index (κ2) is 31.0. The fraction of sp³-hybridized carbons (Fsp3) is 0.327. The largest absolute Gasteiger partial charge is 0.378 e. The molecule has 0 saturated carbocycles. The minimum absolute atomic E-state index is 0.0112. The van der Waals surface area contributed by atoms with Crippen molar-refractivity contribution in [3.63, 3.8) is 0 Å². The van der Waals surface area contributed by atoms with Crippen LogP contribution in [-0.2, 0) is 61.5 Å². The number of allylic oxidation sites excluding steroid dienone is 8. The molecule has 10 heterocycles. The highest BCUT2D eigenvalue weighted by molar-refractivity contribution is 7.87. The average molecular weight is 1510 g/mol. The average Bonchev–Trinajstić information content (AvgIpc) is 1.54. The summed E-state index contributed by atoms with van der Waals surface area (Å²) < 4.78 is 36.5. The number of hydrogen-bond donors (Lipinski definition) is 4. The van der Waals surface area contributed by atoms with Crippen LogP contribution in [0, 0.1) is 0 Å². The lowest BCUT2D eigenvalue weighted by Crippen LogP contribution is -2.22. The highest BCUT2D eigenvalue weighted by Gasteiger charge is 2.35. The van der Waals surface area contributed by atoms with Gasteiger partial charge in [-0.25, -0.2) is 19.9 Å². The van der Waals surface area contributed by atoms with E-state index in [-0.39, 0.29) is 38.7 Å². The second-order valence-corrected chi connectivity index (χ2v) is 31.3. The van der Waals surface area contributed by atoms with Crippen LogP contribution in [0.2, 0.25) is 0 Å². The summed E-state index contributed by atoms with van der Waals surface area (Å²) in [7, 11) is -4.66. The van der Waals surface area contributed by atoms with E-state index in [1.54, 1.807) is 36.4 Å². The molecule has 5 aliphatic rings.